The van der Waals surface area contributed by atoms with E-state index in [1.54, 1.807) is 22.8 Å². The lowest BCUT2D eigenvalue weighted by atomic mass is 10.3. The number of aliphatic hydroxyl groups is 2. The topological polar surface area (TPSA) is 97.2 Å². The predicted octanol–water partition coefficient (Wildman–Crippen LogP) is 0.353. The van der Waals surface area contributed by atoms with Crippen LogP contribution in [0.3, 0.4) is 0 Å². The van der Waals surface area contributed by atoms with Crippen molar-refractivity contribution < 1.29 is 14.6 Å². The first-order valence-electron chi connectivity index (χ1n) is 6.48. The molecule has 6 nitrogen and oxygen atoms in total. The molecule has 0 bridgehead atoms. The van der Waals surface area contributed by atoms with Crippen molar-refractivity contribution in [2.24, 2.45) is 5.73 Å². The molecule has 0 fully saturated rings. The van der Waals surface area contributed by atoms with Crippen LogP contribution in [0.5, 0.6) is 0 Å². The average Bonchev–Trinajstić information content (AvgIpc) is 2.88. The molecule has 1 atom stereocenters. The van der Waals surface area contributed by atoms with Crippen LogP contribution in [0.15, 0.2) is 29.4 Å². The smallest absolute Gasteiger partial charge is 0.196 e. The molecule has 0 aliphatic carbocycles. The molecule has 0 saturated heterocycles. The third-order valence-electron chi connectivity index (χ3n) is 2.78. The third kappa shape index (κ3) is 3.79. The van der Waals surface area contributed by atoms with E-state index in [0.29, 0.717) is 29.6 Å². The molecule has 1 aromatic carbocycles. The molecule has 1 heterocycles. The predicted molar refractivity (Wildman–Crippen MR) is 77.9 cm³/mol. The van der Waals surface area contributed by atoms with E-state index in [1.807, 2.05) is 0 Å². The third-order valence-corrected chi connectivity index (χ3v) is 3.85. The molecule has 8 heteroatoms. The lowest BCUT2D eigenvalue weighted by Crippen LogP contribution is -2.15. The number of aliphatic hydroxyl groups excluding tert-OH is 2. The first kappa shape index (κ1) is 15.9. The van der Waals surface area contributed by atoms with Crippen molar-refractivity contribution in [3.63, 3.8) is 0 Å². The lowest BCUT2D eigenvalue weighted by Gasteiger charge is -2.11. The highest BCUT2D eigenvalue weighted by Crippen LogP contribution is 2.24. The molecule has 0 radical (unpaired) electrons. The Balaban J connectivity index is 2.36. The number of benzene rings is 1. The lowest BCUT2D eigenvalue weighted by molar-refractivity contribution is 0.113. The van der Waals surface area contributed by atoms with Crippen LogP contribution < -0.4 is 5.73 Å². The van der Waals surface area contributed by atoms with Gasteiger partial charge in [0, 0.05) is 12.2 Å². The van der Waals surface area contributed by atoms with Crippen molar-refractivity contribution in [1.29, 1.82) is 0 Å². The van der Waals surface area contributed by atoms with Crippen molar-refractivity contribution in [3.05, 3.63) is 35.9 Å². The number of hydrogen-bond donors (Lipinski definition) is 3. The Labute approximate surface area is 125 Å². The minimum atomic E-state index is -0.862. The number of nitrogens with zero attached hydrogens (tertiary/aromatic N) is 3. The van der Waals surface area contributed by atoms with E-state index < -0.39 is 6.10 Å². The minimum absolute atomic E-state index is 0.242. The molecule has 1 aromatic heterocycles. The number of aromatic nitrogens is 3. The molecular weight excluding hydrogens is 295 g/mol. The zero-order valence-corrected chi connectivity index (χ0v) is 12.1. The summed E-state index contributed by atoms with van der Waals surface area (Å²) < 4.78 is 15.6. The monoisotopic (exact) mass is 312 g/mol. The molecule has 114 valence electrons. The maximum absolute atomic E-state index is 14.0. The molecule has 0 spiro atoms. The zero-order valence-electron chi connectivity index (χ0n) is 11.3. The standard InChI is InChI=1S/C13H17FN4O2S/c14-10-3-1-2-4-11(10)18-12(5-6-15)16-17-13(18)21-8-9(20)7-19/h1-4,9,19-20H,5-8,15H2/t9-/m1/s1. The summed E-state index contributed by atoms with van der Waals surface area (Å²) >= 11 is 1.20. The summed E-state index contributed by atoms with van der Waals surface area (Å²) in [6.07, 6.45) is -0.400. The Morgan fingerprint density at radius 3 is 2.76 bits per heavy atom. The van der Waals surface area contributed by atoms with Gasteiger partial charge in [-0.3, -0.25) is 4.57 Å². The van der Waals surface area contributed by atoms with Crippen LogP contribution in [0.1, 0.15) is 5.82 Å². The Morgan fingerprint density at radius 2 is 2.10 bits per heavy atom. The minimum Gasteiger partial charge on any atom is -0.394 e. The number of para-hydroxylation sites is 1. The van der Waals surface area contributed by atoms with Gasteiger partial charge in [0.2, 0.25) is 0 Å². The van der Waals surface area contributed by atoms with Crippen molar-refractivity contribution >= 4 is 11.8 Å². The average molecular weight is 312 g/mol. The summed E-state index contributed by atoms with van der Waals surface area (Å²) in [6.45, 7) is 0.0347. The summed E-state index contributed by atoms with van der Waals surface area (Å²) in [5, 5.41) is 26.8. The summed E-state index contributed by atoms with van der Waals surface area (Å²) in [5.41, 5.74) is 5.88. The quantitative estimate of drug-likeness (QED) is 0.639. The largest absolute Gasteiger partial charge is 0.394 e. The van der Waals surface area contributed by atoms with Crippen LogP contribution in [-0.4, -0.2) is 50.0 Å². The van der Waals surface area contributed by atoms with Gasteiger partial charge in [-0.1, -0.05) is 23.9 Å². The Kier molecular flexibility index (Phi) is 5.68. The van der Waals surface area contributed by atoms with Crippen molar-refractivity contribution in [2.45, 2.75) is 17.7 Å². The van der Waals surface area contributed by atoms with Gasteiger partial charge in [-0.25, -0.2) is 4.39 Å². The fourth-order valence-corrected chi connectivity index (χ4v) is 2.66. The van der Waals surface area contributed by atoms with Crippen LogP contribution in [0.4, 0.5) is 4.39 Å². The summed E-state index contributed by atoms with van der Waals surface area (Å²) in [6, 6.07) is 6.32. The van der Waals surface area contributed by atoms with Crippen LogP contribution in [0, 0.1) is 5.82 Å². The van der Waals surface area contributed by atoms with Crippen LogP contribution in [-0.2, 0) is 6.42 Å². The summed E-state index contributed by atoms with van der Waals surface area (Å²) in [5.74, 6) is 0.412. The van der Waals surface area contributed by atoms with Gasteiger partial charge < -0.3 is 15.9 Å². The van der Waals surface area contributed by atoms with Gasteiger partial charge in [0.05, 0.1) is 18.4 Å². The van der Waals surface area contributed by atoms with Crippen molar-refractivity contribution in [1.82, 2.24) is 14.8 Å². The molecule has 0 saturated carbocycles. The van der Waals surface area contributed by atoms with E-state index in [1.165, 1.54) is 17.8 Å². The molecule has 2 rings (SSSR count). The summed E-state index contributed by atoms with van der Waals surface area (Å²) in [7, 11) is 0. The molecule has 2 aromatic rings. The first-order chi connectivity index (χ1) is 10.2. The van der Waals surface area contributed by atoms with Gasteiger partial charge in [0.15, 0.2) is 5.16 Å². The summed E-state index contributed by atoms with van der Waals surface area (Å²) in [4.78, 5) is 0. The molecule has 21 heavy (non-hydrogen) atoms. The molecule has 0 unspecified atom stereocenters. The van der Waals surface area contributed by atoms with Crippen LogP contribution in [0.2, 0.25) is 0 Å². The van der Waals surface area contributed by atoms with E-state index in [9.17, 15) is 9.50 Å². The van der Waals surface area contributed by atoms with Crippen molar-refractivity contribution in [3.8, 4) is 5.69 Å². The normalized spacial score (nSPS) is 12.6. The van der Waals surface area contributed by atoms with Gasteiger partial charge >= 0.3 is 0 Å². The second-order valence-electron chi connectivity index (χ2n) is 4.37. The van der Waals surface area contributed by atoms with E-state index in [4.69, 9.17) is 10.8 Å². The van der Waals surface area contributed by atoms with Crippen molar-refractivity contribution in [2.75, 3.05) is 18.9 Å². The number of hydrogen-bond acceptors (Lipinski definition) is 6. The van der Waals surface area contributed by atoms with E-state index in [0.717, 1.165) is 0 Å². The van der Waals surface area contributed by atoms with Gasteiger partial charge in [0.1, 0.15) is 11.6 Å². The highest BCUT2D eigenvalue weighted by molar-refractivity contribution is 7.99. The maximum Gasteiger partial charge on any atom is 0.196 e. The molecule has 0 amide bonds. The van der Waals surface area contributed by atoms with E-state index in [2.05, 4.69) is 10.2 Å². The van der Waals surface area contributed by atoms with Crippen LogP contribution >= 0.6 is 11.8 Å². The highest BCUT2D eigenvalue weighted by Gasteiger charge is 2.17. The Morgan fingerprint density at radius 1 is 1.33 bits per heavy atom. The van der Waals surface area contributed by atoms with Crippen LogP contribution in [0.25, 0.3) is 5.69 Å². The second-order valence-corrected chi connectivity index (χ2v) is 5.36. The number of halogens is 1. The van der Waals surface area contributed by atoms with Gasteiger partial charge in [0.25, 0.3) is 0 Å². The maximum atomic E-state index is 14.0. The first-order valence-corrected chi connectivity index (χ1v) is 7.47. The fraction of sp³-hybridized carbons (Fsp3) is 0.385. The van der Waals surface area contributed by atoms with Gasteiger partial charge in [-0.05, 0) is 18.7 Å². The van der Waals surface area contributed by atoms with E-state index >= 15 is 0 Å². The SMILES string of the molecule is NCCc1nnc(SC[C@H](O)CO)n1-c1ccccc1F. The molecular formula is C13H17FN4O2S. The number of thioether (sulfide) groups is 1. The van der Waals surface area contributed by atoms with Gasteiger partial charge in [-0.2, -0.15) is 0 Å². The van der Waals surface area contributed by atoms with Gasteiger partial charge in [-0.15, -0.1) is 10.2 Å². The second kappa shape index (κ2) is 7.51. The Bertz CT molecular complexity index is 593. The number of rotatable bonds is 7. The zero-order chi connectivity index (χ0) is 15.2. The fourth-order valence-electron chi connectivity index (χ4n) is 1.78. The molecule has 0 aliphatic heterocycles. The van der Waals surface area contributed by atoms with E-state index in [-0.39, 0.29) is 18.2 Å². The molecule has 0 aliphatic rings. The Hall–Kier alpha value is -1.48. The number of nitrogens with two attached hydrogens (primary N) is 1. The molecule has 4 N–H and O–H groups in total. The highest BCUT2D eigenvalue weighted by atomic mass is 32.2.